The van der Waals surface area contributed by atoms with Gasteiger partial charge in [-0.25, -0.2) is 0 Å². The monoisotopic (exact) mass is 272 g/mol. The van der Waals surface area contributed by atoms with Gasteiger partial charge in [0.2, 0.25) is 0 Å². The van der Waals surface area contributed by atoms with Gasteiger partial charge in [0.1, 0.15) is 11.2 Å². The van der Waals surface area contributed by atoms with Crippen molar-refractivity contribution >= 4 is 21.9 Å². The zero-order chi connectivity index (χ0) is 14.4. The maximum atomic E-state index is 5.90. The Bertz CT molecular complexity index is 940. The first-order chi connectivity index (χ1) is 10.2. The lowest BCUT2D eigenvalue weighted by Crippen LogP contribution is -1.87. The van der Waals surface area contributed by atoms with Crippen LogP contribution in [-0.4, -0.2) is 0 Å². The van der Waals surface area contributed by atoms with Crippen LogP contribution in [0.3, 0.4) is 0 Å². The van der Waals surface area contributed by atoms with Crippen LogP contribution in [0.2, 0.25) is 0 Å². The molecule has 0 aliphatic rings. The molecule has 1 aromatic heterocycles. The number of rotatable bonds is 1. The first-order valence-electron chi connectivity index (χ1n) is 7.22. The highest BCUT2D eigenvalue weighted by Gasteiger charge is 2.10. The Labute approximate surface area is 123 Å². The third-order valence-corrected chi connectivity index (χ3v) is 4.15. The molecule has 0 saturated heterocycles. The zero-order valence-electron chi connectivity index (χ0n) is 12.2. The number of fused-ring (bicyclic) bond motifs is 3. The Morgan fingerprint density at radius 3 is 2.19 bits per heavy atom. The number of para-hydroxylation sites is 1. The fourth-order valence-corrected chi connectivity index (χ4v) is 3.15. The number of furan rings is 1. The molecule has 4 aromatic rings. The first-order valence-corrected chi connectivity index (χ1v) is 7.22. The van der Waals surface area contributed by atoms with Gasteiger partial charge in [0.15, 0.2) is 0 Å². The van der Waals surface area contributed by atoms with Gasteiger partial charge >= 0.3 is 0 Å². The highest BCUT2D eigenvalue weighted by Crippen LogP contribution is 2.34. The van der Waals surface area contributed by atoms with E-state index < -0.39 is 0 Å². The Kier molecular flexibility index (Phi) is 2.61. The van der Waals surface area contributed by atoms with E-state index in [0.29, 0.717) is 0 Å². The SMILES string of the molecule is Cc1cccc(C)c1-c1ccc2oc3ccccc3c2c1. The van der Waals surface area contributed by atoms with Crippen LogP contribution in [0, 0.1) is 13.8 Å². The lowest BCUT2D eigenvalue weighted by Gasteiger charge is -2.09. The molecule has 1 nitrogen and oxygen atoms in total. The molecule has 0 saturated carbocycles. The molecule has 0 N–H and O–H groups in total. The number of aryl methyl sites for hydroxylation is 2. The summed E-state index contributed by atoms with van der Waals surface area (Å²) in [5, 5.41) is 2.37. The number of hydrogen-bond donors (Lipinski definition) is 0. The molecule has 0 spiro atoms. The molecule has 4 rings (SSSR count). The van der Waals surface area contributed by atoms with Gasteiger partial charge in [0.25, 0.3) is 0 Å². The van der Waals surface area contributed by atoms with E-state index in [1.165, 1.54) is 33.0 Å². The topological polar surface area (TPSA) is 13.1 Å². The summed E-state index contributed by atoms with van der Waals surface area (Å²) in [7, 11) is 0. The van der Waals surface area contributed by atoms with Crippen molar-refractivity contribution in [1.82, 2.24) is 0 Å². The predicted octanol–water partition coefficient (Wildman–Crippen LogP) is 5.87. The van der Waals surface area contributed by atoms with Gasteiger partial charge < -0.3 is 4.42 Å². The Morgan fingerprint density at radius 1 is 0.667 bits per heavy atom. The summed E-state index contributed by atoms with van der Waals surface area (Å²) in [5.74, 6) is 0. The summed E-state index contributed by atoms with van der Waals surface area (Å²) in [6.07, 6.45) is 0. The molecule has 102 valence electrons. The average molecular weight is 272 g/mol. The normalized spacial score (nSPS) is 11.3. The second-order valence-corrected chi connectivity index (χ2v) is 5.58. The minimum Gasteiger partial charge on any atom is -0.456 e. The summed E-state index contributed by atoms with van der Waals surface area (Å²) in [5.41, 5.74) is 7.09. The molecular weight excluding hydrogens is 256 g/mol. The Balaban J connectivity index is 2.05. The van der Waals surface area contributed by atoms with Crippen LogP contribution in [0.1, 0.15) is 11.1 Å². The molecule has 0 amide bonds. The molecule has 0 fully saturated rings. The van der Waals surface area contributed by atoms with Crippen LogP contribution >= 0.6 is 0 Å². The lowest BCUT2D eigenvalue weighted by atomic mass is 9.95. The van der Waals surface area contributed by atoms with Crippen molar-refractivity contribution in [3.63, 3.8) is 0 Å². The Morgan fingerprint density at radius 2 is 1.38 bits per heavy atom. The molecule has 0 bridgehead atoms. The molecule has 1 heteroatoms. The summed E-state index contributed by atoms with van der Waals surface area (Å²) < 4.78 is 5.90. The van der Waals surface area contributed by atoms with Gasteiger partial charge in [-0.15, -0.1) is 0 Å². The van der Waals surface area contributed by atoms with Gasteiger partial charge in [0, 0.05) is 10.8 Å². The molecule has 0 atom stereocenters. The number of benzene rings is 3. The molecule has 0 radical (unpaired) electrons. The molecular formula is C20H16O. The molecule has 0 aliphatic heterocycles. The smallest absolute Gasteiger partial charge is 0.135 e. The third kappa shape index (κ3) is 1.85. The van der Waals surface area contributed by atoms with Crippen LogP contribution in [0.15, 0.2) is 65.1 Å². The summed E-state index contributed by atoms with van der Waals surface area (Å²) in [4.78, 5) is 0. The van der Waals surface area contributed by atoms with Crippen LogP contribution in [-0.2, 0) is 0 Å². The Hall–Kier alpha value is -2.54. The molecule has 0 unspecified atom stereocenters. The lowest BCUT2D eigenvalue weighted by molar-refractivity contribution is 0.669. The predicted molar refractivity (Wildman–Crippen MR) is 88.6 cm³/mol. The van der Waals surface area contributed by atoms with Crippen molar-refractivity contribution < 1.29 is 4.42 Å². The molecule has 21 heavy (non-hydrogen) atoms. The average Bonchev–Trinajstić information content (AvgIpc) is 2.85. The van der Waals surface area contributed by atoms with E-state index in [-0.39, 0.29) is 0 Å². The zero-order valence-corrected chi connectivity index (χ0v) is 12.2. The van der Waals surface area contributed by atoms with E-state index in [1.54, 1.807) is 0 Å². The number of hydrogen-bond acceptors (Lipinski definition) is 1. The van der Waals surface area contributed by atoms with E-state index >= 15 is 0 Å². The van der Waals surface area contributed by atoms with Crippen LogP contribution in [0.4, 0.5) is 0 Å². The van der Waals surface area contributed by atoms with E-state index in [2.05, 4.69) is 62.4 Å². The minimum absolute atomic E-state index is 0.950. The van der Waals surface area contributed by atoms with E-state index in [9.17, 15) is 0 Å². The van der Waals surface area contributed by atoms with Gasteiger partial charge in [0.05, 0.1) is 0 Å². The quantitative estimate of drug-likeness (QED) is 0.422. The summed E-state index contributed by atoms with van der Waals surface area (Å²) in [6.45, 7) is 4.33. The fourth-order valence-electron chi connectivity index (χ4n) is 3.15. The van der Waals surface area contributed by atoms with Gasteiger partial charge in [-0.05, 0) is 54.3 Å². The van der Waals surface area contributed by atoms with Crippen molar-refractivity contribution in [1.29, 1.82) is 0 Å². The van der Waals surface area contributed by atoms with Crippen LogP contribution in [0.25, 0.3) is 33.1 Å². The van der Waals surface area contributed by atoms with E-state index in [1.807, 2.05) is 12.1 Å². The highest BCUT2D eigenvalue weighted by molar-refractivity contribution is 6.06. The molecule has 0 aliphatic carbocycles. The van der Waals surface area contributed by atoms with Crippen molar-refractivity contribution in [3.8, 4) is 11.1 Å². The van der Waals surface area contributed by atoms with Crippen molar-refractivity contribution in [2.24, 2.45) is 0 Å². The third-order valence-electron chi connectivity index (χ3n) is 4.15. The van der Waals surface area contributed by atoms with Crippen LogP contribution < -0.4 is 0 Å². The van der Waals surface area contributed by atoms with Gasteiger partial charge in [-0.1, -0.05) is 42.5 Å². The maximum Gasteiger partial charge on any atom is 0.135 e. The van der Waals surface area contributed by atoms with E-state index in [0.717, 1.165) is 11.2 Å². The maximum absolute atomic E-state index is 5.90. The van der Waals surface area contributed by atoms with E-state index in [4.69, 9.17) is 4.42 Å². The van der Waals surface area contributed by atoms with Crippen molar-refractivity contribution in [2.75, 3.05) is 0 Å². The largest absolute Gasteiger partial charge is 0.456 e. The standard InChI is InChI=1S/C20H16O/c1-13-6-5-7-14(2)20(13)15-10-11-19-17(12-15)16-8-3-4-9-18(16)21-19/h3-12H,1-2H3. The van der Waals surface area contributed by atoms with Crippen LogP contribution in [0.5, 0.6) is 0 Å². The second kappa shape index (κ2) is 4.49. The molecule has 3 aromatic carbocycles. The highest BCUT2D eigenvalue weighted by atomic mass is 16.3. The van der Waals surface area contributed by atoms with Gasteiger partial charge in [-0.3, -0.25) is 0 Å². The summed E-state index contributed by atoms with van der Waals surface area (Å²) >= 11 is 0. The summed E-state index contributed by atoms with van der Waals surface area (Å²) in [6, 6.07) is 21.1. The second-order valence-electron chi connectivity index (χ2n) is 5.58. The fraction of sp³-hybridized carbons (Fsp3) is 0.100. The first kappa shape index (κ1) is 12.2. The van der Waals surface area contributed by atoms with Crippen molar-refractivity contribution in [2.45, 2.75) is 13.8 Å². The van der Waals surface area contributed by atoms with Crippen molar-refractivity contribution in [3.05, 3.63) is 71.8 Å². The minimum atomic E-state index is 0.950. The van der Waals surface area contributed by atoms with Gasteiger partial charge in [-0.2, -0.15) is 0 Å². The molecule has 1 heterocycles.